The third kappa shape index (κ3) is 4.33. The molecule has 4 rings (SSSR count). The maximum Gasteiger partial charge on any atom is 0.254 e. The molecule has 3 amide bonds. The molecule has 2 aliphatic rings. The van der Waals surface area contributed by atoms with E-state index in [1.54, 1.807) is 38.4 Å². The first kappa shape index (κ1) is 21.1. The summed E-state index contributed by atoms with van der Waals surface area (Å²) < 4.78 is 0. The van der Waals surface area contributed by atoms with Crippen LogP contribution in [-0.2, 0) is 4.79 Å². The standard InChI is InChI=1S/C25H29N3O3/c1-27(2)24(30)19-12-8-13-20(15-19)26-23(29)22-16-18-11-6-7-14-21(18)28(22)25(31)17-9-4-3-5-10-17/h3-5,8-10,12-13,15,18,21-22H,6-7,11,14,16H2,1-2H3,(H,26,29). The molecule has 0 spiro atoms. The number of carbonyl (C=O) groups is 3. The lowest BCUT2D eigenvalue weighted by Crippen LogP contribution is -2.47. The Morgan fingerprint density at radius 2 is 1.65 bits per heavy atom. The molecule has 3 atom stereocenters. The van der Waals surface area contributed by atoms with Gasteiger partial charge in [-0.25, -0.2) is 0 Å². The fraction of sp³-hybridized carbons (Fsp3) is 0.400. The number of amides is 3. The van der Waals surface area contributed by atoms with Gasteiger partial charge in [-0.2, -0.15) is 0 Å². The second-order valence-electron chi connectivity index (χ2n) is 8.71. The van der Waals surface area contributed by atoms with Crippen LogP contribution in [0.4, 0.5) is 5.69 Å². The summed E-state index contributed by atoms with van der Waals surface area (Å²) in [6.07, 6.45) is 4.92. The monoisotopic (exact) mass is 419 g/mol. The lowest BCUT2D eigenvalue weighted by molar-refractivity contribution is -0.120. The minimum absolute atomic E-state index is 0.0771. The number of benzene rings is 2. The first-order chi connectivity index (χ1) is 15.0. The van der Waals surface area contributed by atoms with Gasteiger partial charge in [-0.1, -0.05) is 37.1 Å². The largest absolute Gasteiger partial charge is 0.345 e. The van der Waals surface area contributed by atoms with Crippen LogP contribution in [-0.4, -0.2) is 53.7 Å². The van der Waals surface area contributed by atoms with Gasteiger partial charge < -0.3 is 15.1 Å². The smallest absolute Gasteiger partial charge is 0.254 e. The molecule has 1 saturated carbocycles. The molecule has 2 aromatic carbocycles. The summed E-state index contributed by atoms with van der Waals surface area (Å²) in [6, 6.07) is 15.8. The maximum absolute atomic E-state index is 13.4. The Labute approximate surface area is 183 Å². The van der Waals surface area contributed by atoms with Gasteiger partial charge in [-0.15, -0.1) is 0 Å². The van der Waals surface area contributed by atoms with Gasteiger partial charge in [0.2, 0.25) is 5.91 Å². The van der Waals surface area contributed by atoms with E-state index in [2.05, 4.69) is 5.32 Å². The fourth-order valence-corrected chi connectivity index (χ4v) is 4.93. The number of anilines is 1. The molecule has 6 heteroatoms. The molecule has 2 fully saturated rings. The zero-order valence-electron chi connectivity index (χ0n) is 18.1. The summed E-state index contributed by atoms with van der Waals surface area (Å²) >= 11 is 0. The molecular weight excluding hydrogens is 390 g/mol. The van der Waals surface area contributed by atoms with Crippen molar-refractivity contribution in [3.63, 3.8) is 0 Å². The van der Waals surface area contributed by atoms with Gasteiger partial charge in [0.05, 0.1) is 0 Å². The lowest BCUT2D eigenvalue weighted by atomic mass is 9.84. The van der Waals surface area contributed by atoms with Crippen LogP contribution in [0.25, 0.3) is 0 Å². The van der Waals surface area contributed by atoms with Crippen LogP contribution >= 0.6 is 0 Å². The normalized spacial score (nSPS) is 22.5. The highest BCUT2D eigenvalue weighted by Gasteiger charge is 2.47. The van der Waals surface area contributed by atoms with E-state index >= 15 is 0 Å². The van der Waals surface area contributed by atoms with Gasteiger partial charge in [0.1, 0.15) is 6.04 Å². The zero-order chi connectivity index (χ0) is 22.0. The highest BCUT2D eigenvalue weighted by molar-refractivity contribution is 6.02. The quantitative estimate of drug-likeness (QED) is 0.820. The van der Waals surface area contributed by atoms with Gasteiger partial charge in [0.25, 0.3) is 11.8 Å². The second kappa shape index (κ2) is 8.92. The van der Waals surface area contributed by atoms with Crippen molar-refractivity contribution >= 4 is 23.4 Å². The van der Waals surface area contributed by atoms with E-state index in [0.717, 1.165) is 25.7 Å². The summed E-state index contributed by atoms with van der Waals surface area (Å²) in [7, 11) is 3.39. The number of hydrogen-bond acceptors (Lipinski definition) is 3. The second-order valence-corrected chi connectivity index (χ2v) is 8.71. The van der Waals surface area contributed by atoms with Gasteiger partial charge in [-0.05, 0) is 55.5 Å². The summed E-state index contributed by atoms with van der Waals surface area (Å²) in [5.41, 5.74) is 1.70. The van der Waals surface area contributed by atoms with E-state index in [1.165, 1.54) is 4.90 Å². The van der Waals surface area contributed by atoms with E-state index in [9.17, 15) is 14.4 Å². The van der Waals surface area contributed by atoms with Crippen LogP contribution in [0, 0.1) is 5.92 Å². The third-order valence-corrected chi connectivity index (χ3v) is 6.43. The molecule has 1 aliphatic carbocycles. The minimum Gasteiger partial charge on any atom is -0.345 e. The number of rotatable bonds is 4. The van der Waals surface area contributed by atoms with E-state index in [1.807, 2.05) is 35.2 Å². The molecular formula is C25H29N3O3. The van der Waals surface area contributed by atoms with Gasteiger partial charge >= 0.3 is 0 Å². The summed E-state index contributed by atoms with van der Waals surface area (Å²) in [5, 5.41) is 2.96. The predicted octanol–water partition coefficient (Wildman–Crippen LogP) is 3.80. The molecule has 0 aromatic heterocycles. The average Bonchev–Trinajstić information content (AvgIpc) is 3.18. The van der Waals surface area contributed by atoms with Crippen LogP contribution in [0.3, 0.4) is 0 Å². The van der Waals surface area contributed by atoms with Crippen molar-refractivity contribution in [3.8, 4) is 0 Å². The van der Waals surface area contributed by atoms with E-state index < -0.39 is 6.04 Å². The van der Waals surface area contributed by atoms with Crippen molar-refractivity contribution in [2.24, 2.45) is 5.92 Å². The molecule has 2 aromatic rings. The number of likely N-dealkylation sites (tertiary alicyclic amines) is 1. The molecule has 6 nitrogen and oxygen atoms in total. The van der Waals surface area contributed by atoms with Crippen molar-refractivity contribution in [2.45, 2.75) is 44.2 Å². The predicted molar refractivity (Wildman–Crippen MR) is 120 cm³/mol. The maximum atomic E-state index is 13.4. The molecule has 0 bridgehead atoms. The van der Waals surface area contributed by atoms with Gasteiger partial charge in [0, 0.05) is 37.0 Å². The number of hydrogen-bond donors (Lipinski definition) is 1. The first-order valence-corrected chi connectivity index (χ1v) is 11.0. The van der Waals surface area contributed by atoms with Crippen LogP contribution in [0.5, 0.6) is 0 Å². The Morgan fingerprint density at radius 3 is 2.39 bits per heavy atom. The van der Waals surface area contributed by atoms with Crippen molar-refractivity contribution in [1.29, 1.82) is 0 Å². The highest BCUT2D eigenvalue weighted by Crippen LogP contribution is 2.40. The summed E-state index contributed by atoms with van der Waals surface area (Å²) in [5.74, 6) is -0.0255. The molecule has 1 N–H and O–H groups in total. The molecule has 0 radical (unpaired) electrons. The number of carbonyl (C=O) groups excluding carboxylic acids is 3. The molecule has 1 heterocycles. The van der Waals surface area contributed by atoms with Crippen LogP contribution < -0.4 is 5.32 Å². The van der Waals surface area contributed by atoms with Crippen molar-refractivity contribution in [2.75, 3.05) is 19.4 Å². The van der Waals surface area contributed by atoms with Gasteiger partial charge in [-0.3, -0.25) is 14.4 Å². The Bertz CT molecular complexity index is 973. The van der Waals surface area contributed by atoms with Crippen molar-refractivity contribution in [3.05, 3.63) is 65.7 Å². The Morgan fingerprint density at radius 1 is 0.935 bits per heavy atom. The number of nitrogens with one attached hydrogen (secondary N) is 1. The van der Waals surface area contributed by atoms with E-state index in [0.29, 0.717) is 29.2 Å². The molecule has 1 aliphatic heterocycles. The topological polar surface area (TPSA) is 69.7 Å². The van der Waals surface area contributed by atoms with Crippen LogP contribution in [0.2, 0.25) is 0 Å². The SMILES string of the molecule is CN(C)C(=O)c1cccc(NC(=O)C2CC3CCCCC3N2C(=O)c2ccccc2)c1. The molecule has 1 saturated heterocycles. The fourth-order valence-electron chi connectivity index (χ4n) is 4.93. The Balaban J connectivity index is 1.58. The summed E-state index contributed by atoms with van der Waals surface area (Å²) in [4.78, 5) is 42.3. The van der Waals surface area contributed by atoms with Gasteiger partial charge in [0.15, 0.2) is 0 Å². The lowest BCUT2D eigenvalue weighted by Gasteiger charge is -2.33. The van der Waals surface area contributed by atoms with Crippen LogP contribution in [0.1, 0.15) is 52.8 Å². The molecule has 3 unspecified atom stereocenters. The van der Waals surface area contributed by atoms with Crippen molar-refractivity contribution < 1.29 is 14.4 Å². The van der Waals surface area contributed by atoms with E-state index in [-0.39, 0.29) is 23.8 Å². The Hall–Kier alpha value is -3.15. The summed E-state index contributed by atoms with van der Waals surface area (Å²) in [6.45, 7) is 0. The zero-order valence-corrected chi connectivity index (χ0v) is 18.1. The van der Waals surface area contributed by atoms with Crippen molar-refractivity contribution in [1.82, 2.24) is 9.80 Å². The molecule has 162 valence electrons. The number of nitrogens with zero attached hydrogens (tertiary/aromatic N) is 2. The number of fused-ring (bicyclic) bond motifs is 1. The highest BCUT2D eigenvalue weighted by atomic mass is 16.2. The Kier molecular flexibility index (Phi) is 6.07. The first-order valence-electron chi connectivity index (χ1n) is 11.0. The molecule has 31 heavy (non-hydrogen) atoms. The van der Waals surface area contributed by atoms with Crippen LogP contribution in [0.15, 0.2) is 54.6 Å². The third-order valence-electron chi connectivity index (χ3n) is 6.43. The average molecular weight is 420 g/mol. The van der Waals surface area contributed by atoms with E-state index in [4.69, 9.17) is 0 Å². The minimum atomic E-state index is -0.506.